The molecular formula is C25H28N2O5. The van der Waals surface area contributed by atoms with Gasteiger partial charge in [-0.2, -0.15) is 0 Å². The number of benzene rings is 2. The van der Waals surface area contributed by atoms with Crippen molar-refractivity contribution in [3.63, 3.8) is 0 Å². The molecule has 1 aliphatic heterocycles. The largest absolute Gasteiger partial charge is 0.481 e. The number of nitrogens with one attached hydrogen (secondary N) is 1. The van der Waals surface area contributed by atoms with Gasteiger partial charge in [-0.05, 0) is 34.6 Å². The molecule has 7 heteroatoms. The normalized spacial score (nSPS) is 19.7. The van der Waals surface area contributed by atoms with Crippen molar-refractivity contribution in [2.24, 2.45) is 11.3 Å². The quantitative estimate of drug-likeness (QED) is 0.748. The fourth-order valence-corrected chi connectivity index (χ4v) is 4.87. The van der Waals surface area contributed by atoms with Crippen LogP contribution in [0.3, 0.4) is 0 Å². The third-order valence-corrected chi connectivity index (χ3v) is 6.60. The van der Waals surface area contributed by atoms with Gasteiger partial charge in [0.1, 0.15) is 12.6 Å². The van der Waals surface area contributed by atoms with Crippen molar-refractivity contribution >= 4 is 18.0 Å². The molecule has 32 heavy (non-hydrogen) atoms. The van der Waals surface area contributed by atoms with Gasteiger partial charge in [0.2, 0.25) is 5.91 Å². The summed E-state index contributed by atoms with van der Waals surface area (Å²) >= 11 is 0. The lowest BCUT2D eigenvalue weighted by Gasteiger charge is -2.24. The minimum absolute atomic E-state index is 0.0603. The average molecular weight is 437 g/mol. The van der Waals surface area contributed by atoms with Crippen LogP contribution in [-0.2, 0) is 14.3 Å². The molecule has 2 atom stereocenters. The average Bonchev–Trinajstić information content (AvgIpc) is 3.26. The van der Waals surface area contributed by atoms with E-state index in [2.05, 4.69) is 17.4 Å². The molecule has 1 saturated heterocycles. The van der Waals surface area contributed by atoms with Crippen LogP contribution in [0.25, 0.3) is 11.1 Å². The first-order chi connectivity index (χ1) is 15.2. The number of rotatable bonds is 5. The van der Waals surface area contributed by atoms with E-state index in [1.807, 2.05) is 50.2 Å². The number of fused-ring (bicyclic) bond motifs is 3. The molecule has 0 bridgehead atoms. The van der Waals surface area contributed by atoms with Crippen LogP contribution in [0, 0.1) is 11.3 Å². The van der Waals surface area contributed by atoms with Crippen LogP contribution in [0.4, 0.5) is 4.79 Å². The predicted octanol–water partition coefficient (Wildman–Crippen LogP) is 3.48. The molecule has 0 saturated carbocycles. The highest BCUT2D eigenvalue weighted by Gasteiger charge is 2.46. The second-order valence-electron chi connectivity index (χ2n) is 9.29. The summed E-state index contributed by atoms with van der Waals surface area (Å²) in [6.45, 7) is 5.90. The molecule has 1 fully saturated rings. The van der Waals surface area contributed by atoms with Gasteiger partial charge >= 0.3 is 12.1 Å². The van der Waals surface area contributed by atoms with E-state index >= 15 is 0 Å². The molecule has 1 heterocycles. The number of hydrogen-bond donors (Lipinski definition) is 2. The molecule has 2 N–H and O–H groups in total. The van der Waals surface area contributed by atoms with E-state index in [9.17, 15) is 19.5 Å². The van der Waals surface area contributed by atoms with Gasteiger partial charge in [-0.15, -0.1) is 0 Å². The molecule has 0 radical (unpaired) electrons. The summed E-state index contributed by atoms with van der Waals surface area (Å²) < 4.78 is 5.51. The highest BCUT2D eigenvalue weighted by molar-refractivity contribution is 5.86. The molecule has 2 unspecified atom stereocenters. The Morgan fingerprint density at radius 3 is 2.19 bits per heavy atom. The number of hydrogen-bond acceptors (Lipinski definition) is 4. The van der Waals surface area contributed by atoms with Crippen LogP contribution >= 0.6 is 0 Å². The Bertz CT molecular complexity index is 1020. The first-order valence-electron chi connectivity index (χ1n) is 10.8. The van der Waals surface area contributed by atoms with E-state index in [0.29, 0.717) is 6.54 Å². The highest BCUT2D eigenvalue weighted by Crippen LogP contribution is 2.44. The van der Waals surface area contributed by atoms with Crippen LogP contribution in [-0.4, -0.2) is 53.7 Å². The summed E-state index contributed by atoms with van der Waals surface area (Å²) in [6.07, 6.45) is -0.666. The summed E-state index contributed by atoms with van der Waals surface area (Å²) in [5, 5.41) is 12.0. The predicted molar refractivity (Wildman–Crippen MR) is 119 cm³/mol. The fraction of sp³-hybridized carbons (Fsp3) is 0.400. The topological polar surface area (TPSA) is 95.9 Å². The van der Waals surface area contributed by atoms with E-state index in [0.717, 1.165) is 22.3 Å². The lowest BCUT2D eigenvalue weighted by atomic mass is 9.82. The smallest absolute Gasteiger partial charge is 0.407 e. The summed E-state index contributed by atoms with van der Waals surface area (Å²) in [5.74, 6) is -1.92. The van der Waals surface area contributed by atoms with Crippen LogP contribution in [0.2, 0.25) is 0 Å². The molecule has 2 amide bonds. The number of carboxylic acids is 1. The van der Waals surface area contributed by atoms with Crippen LogP contribution in [0.5, 0.6) is 0 Å². The summed E-state index contributed by atoms with van der Waals surface area (Å²) in [5.41, 5.74) is 4.00. The Kier molecular flexibility index (Phi) is 5.67. The molecule has 2 aromatic rings. The minimum Gasteiger partial charge on any atom is -0.481 e. The summed E-state index contributed by atoms with van der Waals surface area (Å²) in [7, 11) is 0. The maximum absolute atomic E-state index is 12.8. The Balaban J connectivity index is 1.37. The third kappa shape index (κ3) is 3.95. The zero-order chi connectivity index (χ0) is 23.0. The van der Waals surface area contributed by atoms with E-state index in [-0.39, 0.29) is 25.0 Å². The standard InChI is InChI=1S/C25H28N2O5/c1-15(22(28)27-12-21(23(29)30)25(2,3)14-27)26-24(31)32-13-20-18-10-6-4-8-16(18)17-9-5-7-11-19(17)20/h4-11,15,20-21H,12-14H2,1-3H3,(H,26,31)(H,29,30). The molecular weight excluding hydrogens is 408 g/mol. The van der Waals surface area contributed by atoms with E-state index in [1.54, 1.807) is 6.92 Å². The lowest BCUT2D eigenvalue weighted by molar-refractivity contribution is -0.144. The first kappa shape index (κ1) is 21.9. The number of aliphatic carboxylic acids is 1. The minimum atomic E-state index is -0.914. The number of alkyl carbamates (subject to hydrolysis) is 1. The Labute approximate surface area is 187 Å². The van der Waals surface area contributed by atoms with Gasteiger partial charge in [0.15, 0.2) is 0 Å². The maximum atomic E-state index is 12.8. The second kappa shape index (κ2) is 8.30. The SMILES string of the molecule is CC(NC(=O)OCC1c2ccccc2-c2ccccc21)C(=O)N1CC(C(=O)O)C(C)(C)C1. The van der Waals surface area contributed by atoms with Gasteiger partial charge in [-0.25, -0.2) is 4.79 Å². The number of nitrogens with zero attached hydrogens (tertiary/aromatic N) is 1. The first-order valence-corrected chi connectivity index (χ1v) is 10.8. The van der Waals surface area contributed by atoms with Crippen molar-refractivity contribution in [2.45, 2.75) is 32.7 Å². The second-order valence-corrected chi connectivity index (χ2v) is 9.29. The highest BCUT2D eigenvalue weighted by atomic mass is 16.5. The number of carbonyl (C=O) groups is 3. The zero-order valence-corrected chi connectivity index (χ0v) is 18.5. The molecule has 1 aliphatic carbocycles. The van der Waals surface area contributed by atoms with E-state index in [1.165, 1.54) is 4.90 Å². The Morgan fingerprint density at radius 2 is 1.66 bits per heavy atom. The Morgan fingerprint density at radius 1 is 1.09 bits per heavy atom. The maximum Gasteiger partial charge on any atom is 0.407 e. The van der Waals surface area contributed by atoms with Crippen LogP contribution in [0.15, 0.2) is 48.5 Å². The van der Waals surface area contributed by atoms with Crippen molar-refractivity contribution < 1.29 is 24.2 Å². The molecule has 7 nitrogen and oxygen atoms in total. The van der Waals surface area contributed by atoms with Crippen LogP contribution < -0.4 is 5.32 Å². The number of carboxylic acid groups (broad SMARTS) is 1. The van der Waals surface area contributed by atoms with Gasteiger partial charge in [-0.3, -0.25) is 9.59 Å². The van der Waals surface area contributed by atoms with Gasteiger partial charge in [0.25, 0.3) is 0 Å². The Hall–Kier alpha value is -3.35. The molecule has 2 aromatic carbocycles. The molecule has 4 rings (SSSR count). The zero-order valence-electron chi connectivity index (χ0n) is 18.5. The van der Waals surface area contributed by atoms with Crippen molar-refractivity contribution in [1.82, 2.24) is 10.2 Å². The number of likely N-dealkylation sites (tertiary alicyclic amines) is 1. The molecule has 0 spiro atoms. The van der Waals surface area contributed by atoms with Crippen molar-refractivity contribution in [2.75, 3.05) is 19.7 Å². The monoisotopic (exact) mass is 436 g/mol. The molecule has 2 aliphatic rings. The van der Waals surface area contributed by atoms with Crippen molar-refractivity contribution in [1.29, 1.82) is 0 Å². The van der Waals surface area contributed by atoms with Gasteiger partial charge < -0.3 is 20.1 Å². The summed E-state index contributed by atoms with van der Waals surface area (Å²) in [4.78, 5) is 38.2. The van der Waals surface area contributed by atoms with Crippen molar-refractivity contribution in [3.8, 4) is 11.1 Å². The molecule has 168 valence electrons. The van der Waals surface area contributed by atoms with Crippen LogP contribution in [0.1, 0.15) is 37.8 Å². The lowest BCUT2D eigenvalue weighted by Crippen LogP contribution is -2.47. The van der Waals surface area contributed by atoms with Gasteiger partial charge in [0, 0.05) is 19.0 Å². The number of ether oxygens (including phenoxy) is 1. The molecule has 0 aromatic heterocycles. The van der Waals surface area contributed by atoms with Crippen molar-refractivity contribution in [3.05, 3.63) is 59.7 Å². The fourth-order valence-electron chi connectivity index (χ4n) is 4.87. The number of carbonyl (C=O) groups excluding carboxylic acids is 2. The van der Waals surface area contributed by atoms with E-state index < -0.39 is 29.4 Å². The van der Waals surface area contributed by atoms with E-state index in [4.69, 9.17) is 4.74 Å². The third-order valence-electron chi connectivity index (χ3n) is 6.60. The van der Waals surface area contributed by atoms with Gasteiger partial charge in [0.05, 0.1) is 5.92 Å². The van der Waals surface area contributed by atoms with Gasteiger partial charge in [-0.1, -0.05) is 62.4 Å². The summed E-state index contributed by atoms with van der Waals surface area (Å²) in [6, 6.07) is 15.3. The number of amides is 2.